The third-order valence-electron chi connectivity index (χ3n) is 3.25. The fourth-order valence-electron chi connectivity index (χ4n) is 2.56. The number of halogens is 1. The van der Waals surface area contributed by atoms with Crippen LogP contribution in [-0.4, -0.2) is 23.3 Å². The SMILES string of the molecule is Cl.c1n[nH]c2c1CCC1CNCC21. The molecule has 0 bridgehead atoms. The summed E-state index contributed by atoms with van der Waals surface area (Å²) in [7, 11) is 0. The van der Waals surface area contributed by atoms with Crippen LogP contribution in [0.1, 0.15) is 23.6 Å². The van der Waals surface area contributed by atoms with Crippen LogP contribution in [0.5, 0.6) is 0 Å². The van der Waals surface area contributed by atoms with Crippen molar-refractivity contribution in [1.29, 1.82) is 0 Å². The highest BCUT2D eigenvalue weighted by molar-refractivity contribution is 5.85. The number of nitrogens with one attached hydrogen (secondary N) is 2. The molecule has 0 saturated carbocycles. The van der Waals surface area contributed by atoms with Gasteiger partial charge in [-0.05, 0) is 30.9 Å². The Kier molecular flexibility index (Phi) is 2.30. The van der Waals surface area contributed by atoms with E-state index in [1.54, 1.807) is 0 Å². The van der Waals surface area contributed by atoms with Crippen molar-refractivity contribution in [3.8, 4) is 0 Å². The second-order valence-corrected chi connectivity index (χ2v) is 3.87. The van der Waals surface area contributed by atoms with Crippen LogP contribution >= 0.6 is 12.4 Å². The summed E-state index contributed by atoms with van der Waals surface area (Å²) in [5.41, 5.74) is 2.84. The summed E-state index contributed by atoms with van der Waals surface area (Å²) < 4.78 is 0. The van der Waals surface area contributed by atoms with Gasteiger partial charge in [-0.25, -0.2) is 0 Å². The predicted molar refractivity (Wildman–Crippen MR) is 53.3 cm³/mol. The minimum absolute atomic E-state index is 0. The molecule has 4 heteroatoms. The van der Waals surface area contributed by atoms with E-state index in [9.17, 15) is 0 Å². The van der Waals surface area contributed by atoms with Crippen LogP contribution in [0.4, 0.5) is 0 Å². The molecule has 1 aromatic heterocycles. The molecule has 2 N–H and O–H groups in total. The summed E-state index contributed by atoms with van der Waals surface area (Å²) in [4.78, 5) is 0. The summed E-state index contributed by atoms with van der Waals surface area (Å²) >= 11 is 0. The monoisotopic (exact) mass is 199 g/mol. The highest BCUT2D eigenvalue weighted by Crippen LogP contribution is 2.36. The first kappa shape index (κ1) is 9.03. The van der Waals surface area contributed by atoms with Gasteiger partial charge in [0.25, 0.3) is 0 Å². The average Bonchev–Trinajstić information content (AvgIpc) is 2.71. The topological polar surface area (TPSA) is 40.7 Å². The molecule has 2 atom stereocenters. The zero-order valence-electron chi connectivity index (χ0n) is 7.42. The van der Waals surface area contributed by atoms with E-state index in [2.05, 4.69) is 15.5 Å². The minimum Gasteiger partial charge on any atom is -0.316 e. The maximum Gasteiger partial charge on any atom is 0.0522 e. The standard InChI is InChI=1S/C9H13N3.ClH/c1-2-7-4-11-12-9(7)8-5-10-3-6(1)8;/h4,6,8,10H,1-3,5H2,(H,11,12);1H. The van der Waals surface area contributed by atoms with E-state index >= 15 is 0 Å². The van der Waals surface area contributed by atoms with E-state index in [1.807, 2.05) is 6.20 Å². The first-order valence-corrected chi connectivity index (χ1v) is 4.68. The van der Waals surface area contributed by atoms with Crippen molar-refractivity contribution < 1.29 is 0 Å². The van der Waals surface area contributed by atoms with Crippen LogP contribution in [0.2, 0.25) is 0 Å². The normalized spacial score (nSPS) is 30.5. The summed E-state index contributed by atoms with van der Waals surface area (Å²) in [6, 6.07) is 0. The molecular formula is C9H14ClN3. The molecule has 1 aliphatic carbocycles. The van der Waals surface area contributed by atoms with E-state index in [1.165, 1.54) is 30.6 Å². The van der Waals surface area contributed by atoms with E-state index in [4.69, 9.17) is 0 Å². The van der Waals surface area contributed by atoms with Crippen LogP contribution in [-0.2, 0) is 6.42 Å². The summed E-state index contributed by atoms with van der Waals surface area (Å²) in [6.45, 7) is 2.34. The molecule has 1 saturated heterocycles. The molecule has 0 aromatic carbocycles. The lowest BCUT2D eigenvalue weighted by molar-refractivity contribution is 0.445. The Bertz CT molecular complexity index is 297. The van der Waals surface area contributed by atoms with Gasteiger partial charge in [0.15, 0.2) is 0 Å². The molecule has 0 radical (unpaired) electrons. The molecule has 2 heterocycles. The van der Waals surface area contributed by atoms with Crippen molar-refractivity contribution in [2.24, 2.45) is 5.92 Å². The van der Waals surface area contributed by atoms with Crippen molar-refractivity contribution in [2.45, 2.75) is 18.8 Å². The zero-order chi connectivity index (χ0) is 7.97. The number of hydrogen-bond acceptors (Lipinski definition) is 2. The molecule has 3 nitrogen and oxygen atoms in total. The number of fused-ring (bicyclic) bond motifs is 3. The largest absolute Gasteiger partial charge is 0.316 e. The number of hydrogen-bond donors (Lipinski definition) is 2. The minimum atomic E-state index is 0. The maximum atomic E-state index is 4.11. The fraction of sp³-hybridized carbons (Fsp3) is 0.667. The van der Waals surface area contributed by atoms with Crippen LogP contribution in [0.15, 0.2) is 6.20 Å². The van der Waals surface area contributed by atoms with E-state index in [0.29, 0.717) is 0 Å². The maximum absolute atomic E-state index is 4.11. The Hall–Kier alpha value is -0.540. The first-order valence-electron chi connectivity index (χ1n) is 4.68. The third-order valence-corrected chi connectivity index (χ3v) is 3.25. The van der Waals surface area contributed by atoms with Crippen LogP contribution < -0.4 is 5.32 Å². The van der Waals surface area contributed by atoms with Gasteiger partial charge in [-0.3, -0.25) is 5.10 Å². The lowest BCUT2D eigenvalue weighted by atomic mass is 9.81. The number of H-pyrrole nitrogens is 1. The van der Waals surface area contributed by atoms with Gasteiger partial charge in [0.1, 0.15) is 0 Å². The predicted octanol–water partition coefficient (Wildman–Crippen LogP) is 1.08. The molecule has 2 unspecified atom stereocenters. The second-order valence-electron chi connectivity index (χ2n) is 3.87. The second kappa shape index (κ2) is 3.31. The molecule has 0 spiro atoms. The van der Waals surface area contributed by atoms with Crippen molar-refractivity contribution in [2.75, 3.05) is 13.1 Å². The Morgan fingerprint density at radius 2 is 2.31 bits per heavy atom. The average molecular weight is 200 g/mol. The zero-order valence-corrected chi connectivity index (χ0v) is 8.23. The molecule has 1 fully saturated rings. The highest BCUT2D eigenvalue weighted by Gasteiger charge is 2.34. The third kappa shape index (κ3) is 1.27. The molecule has 1 aliphatic heterocycles. The van der Waals surface area contributed by atoms with E-state index in [-0.39, 0.29) is 12.4 Å². The number of nitrogens with zero attached hydrogens (tertiary/aromatic N) is 1. The van der Waals surface area contributed by atoms with Gasteiger partial charge >= 0.3 is 0 Å². The van der Waals surface area contributed by atoms with Crippen molar-refractivity contribution in [3.63, 3.8) is 0 Å². The Labute approximate surface area is 83.7 Å². The van der Waals surface area contributed by atoms with Crippen molar-refractivity contribution in [1.82, 2.24) is 15.5 Å². The summed E-state index contributed by atoms with van der Waals surface area (Å²) in [6.07, 6.45) is 4.54. The van der Waals surface area contributed by atoms with Gasteiger partial charge < -0.3 is 5.32 Å². The lowest BCUT2D eigenvalue weighted by Crippen LogP contribution is -2.18. The van der Waals surface area contributed by atoms with Gasteiger partial charge in [0.2, 0.25) is 0 Å². The summed E-state index contributed by atoms with van der Waals surface area (Å²) in [5, 5.41) is 10.7. The molecular weight excluding hydrogens is 186 g/mol. The van der Waals surface area contributed by atoms with E-state index in [0.717, 1.165) is 18.4 Å². The Balaban J connectivity index is 0.000000653. The smallest absolute Gasteiger partial charge is 0.0522 e. The van der Waals surface area contributed by atoms with E-state index < -0.39 is 0 Å². The quantitative estimate of drug-likeness (QED) is 0.657. The molecule has 3 rings (SSSR count). The van der Waals surface area contributed by atoms with Crippen LogP contribution in [0, 0.1) is 5.92 Å². The number of aromatic amines is 1. The lowest BCUT2D eigenvalue weighted by Gasteiger charge is -2.23. The van der Waals surface area contributed by atoms with Crippen molar-refractivity contribution in [3.05, 3.63) is 17.5 Å². The number of rotatable bonds is 0. The molecule has 13 heavy (non-hydrogen) atoms. The van der Waals surface area contributed by atoms with Crippen LogP contribution in [0.3, 0.4) is 0 Å². The van der Waals surface area contributed by atoms with Crippen molar-refractivity contribution >= 4 is 12.4 Å². The van der Waals surface area contributed by atoms with Gasteiger partial charge in [0, 0.05) is 18.2 Å². The molecule has 1 aromatic rings. The first-order chi connectivity index (χ1) is 5.95. The molecule has 0 amide bonds. The van der Waals surface area contributed by atoms with Gasteiger partial charge in [-0.15, -0.1) is 12.4 Å². The Morgan fingerprint density at radius 3 is 3.23 bits per heavy atom. The number of aryl methyl sites for hydroxylation is 1. The highest BCUT2D eigenvalue weighted by atomic mass is 35.5. The van der Waals surface area contributed by atoms with Crippen LogP contribution in [0.25, 0.3) is 0 Å². The number of aromatic nitrogens is 2. The van der Waals surface area contributed by atoms with Gasteiger partial charge in [-0.2, -0.15) is 5.10 Å². The van der Waals surface area contributed by atoms with Gasteiger partial charge in [0.05, 0.1) is 6.20 Å². The fourth-order valence-corrected chi connectivity index (χ4v) is 2.56. The molecule has 2 aliphatic rings. The molecule has 72 valence electrons. The Morgan fingerprint density at radius 1 is 1.38 bits per heavy atom. The summed E-state index contributed by atoms with van der Waals surface area (Å²) in [5.74, 6) is 1.58. The van der Waals surface area contributed by atoms with Gasteiger partial charge in [-0.1, -0.05) is 0 Å².